The van der Waals surface area contributed by atoms with Crippen LogP contribution in [-0.4, -0.2) is 35.1 Å². The van der Waals surface area contributed by atoms with Crippen molar-refractivity contribution < 1.29 is 14.6 Å². The van der Waals surface area contributed by atoms with Crippen molar-refractivity contribution in [3.8, 4) is 5.19 Å². The molecular formula is C8H12N2O3S. The molecule has 1 unspecified atom stereocenters. The van der Waals surface area contributed by atoms with E-state index in [4.69, 9.17) is 14.6 Å². The van der Waals surface area contributed by atoms with E-state index in [0.29, 0.717) is 22.7 Å². The monoisotopic (exact) mass is 216 g/mol. The molecule has 5 nitrogen and oxygen atoms in total. The Morgan fingerprint density at radius 3 is 3.14 bits per heavy atom. The summed E-state index contributed by atoms with van der Waals surface area (Å²) in [7, 11) is 0. The maximum atomic E-state index is 8.76. The molecule has 6 heteroatoms. The average Bonchev–Trinajstić information content (AvgIpc) is 2.86. The quantitative estimate of drug-likeness (QED) is 0.791. The minimum atomic E-state index is -0.0758. The van der Waals surface area contributed by atoms with Gasteiger partial charge in [-0.05, 0) is 6.42 Å². The van der Waals surface area contributed by atoms with Gasteiger partial charge in [-0.1, -0.05) is 16.4 Å². The van der Waals surface area contributed by atoms with Gasteiger partial charge in [-0.25, -0.2) is 0 Å². The zero-order chi connectivity index (χ0) is 9.80. The Kier molecular flexibility index (Phi) is 3.28. The van der Waals surface area contributed by atoms with E-state index in [0.717, 1.165) is 19.6 Å². The lowest BCUT2D eigenvalue weighted by Crippen LogP contribution is -2.11. The summed E-state index contributed by atoms with van der Waals surface area (Å²) in [5.41, 5.74) is 0. The lowest BCUT2D eigenvalue weighted by atomic mass is 10.1. The molecule has 1 fully saturated rings. The summed E-state index contributed by atoms with van der Waals surface area (Å²) < 4.78 is 10.6. The van der Waals surface area contributed by atoms with Crippen LogP contribution in [0.5, 0.6) is 5.19 Å². The fourth-order valence-electron chi connectivity index (χ4n) is 1.26. The molecule has 0 radical (unpaired) electrons. The van der Waals surface area contributed by atoms with Gasteiger partial charge in [0.25, 0.3) is 5.19 Å². The second kappa shape index (κ2) is 4.68. The summed E-state index contributed by atoms with van der Waals surface area (Å²) in [6.45, 7) is 2.14. The molecule has 2 heterocycles. The molecule has 14 heavy (non-hydrogen) atoms. The van der Waals surface area contributed by atoms with Gasteiger partial charge in [0.15, 0.2) is 0 Å². The van der Waals surface area contributed by atoms with E-state index in [1.54, 1.807) is 0 Å². The average molecular weight is 216 g/mol. The smallest absolute Gasteiger partial charge is 0.294 e. The van der Waals surface area contributed by atoms with Crippen molar-refractivity contribution in [3.63, 3.8) is 0 Å². The van der Waals surface area contributed by atoms with Gasteiger partial charge in [-0.3, -0.25) is 0 Å². The number of aromatic nitrogens is 2. The Morgan fingerprint density at radius 1 is 1.57 bits per heavy atom. The van der Waals surface area contributed by atoms with Crippen LogP contribution in [0.3, 0.4) is 0 Å². The zero-order valence-corrected chi connectivity index (χ0v) is 8.50. The van der Waals surface area contributed by atoms with Crippen molar-refractivity contribution in [2.24, 2.45) is 5.92 Å². The van der Waals surface area contributed by atoms with Gasteiger partial charge in [-0.15, -0.1) is 5.10 Å². The van der Waals surface area contributed by atoms with Gasteiger partial charge in [-0.2, -0.15) is 0 Å². The maximum absolute atomic E-state index is 8.76. The van der Waals surface area contributed by atoms with Crippen LogP contribution in [0.25, 0.3) is 0 Å². The van der Waals surface area contributed by atoms with Gasteiger partial charge in [0.2, 0.25) is 0 Å². The molecule has 1 aromatic rings. The highest BCUT2D eigenvalue weighted by molar-refractivity contribution is 7.13. The van der Waals surface area contributed by atoms with E-state index in [1.807, 2.05) is 0 Å². The Bertz CT molecular complexity index is 286. The van der Waals surface area contributed by atoms with Crippen molar-refractivity contribution >= 4 is 11.3 Å². The second-order valence-corrected chi connectivity index (χ2v) is 4.19. The Hall–Kier alpha value is -0.720. The van der Waals surface area contributed by atoms with Gasteiger partial charge < -0.3 is 14.6 Å². The highest BCUT2D eigenvalue weighted by atomic mass is 32.1. The molecule has 0 amide bonds. The molecule has 0 aromatic carbocycles. The number of rotatable bonds is 4. The first kappa shape index (κ1) is 9.82. The van der Waals surface area contributed by atoms with E-state index in [9.17, 15) is 0 Å². The number of aliphatic hydroxyl groups excluding tert-OH is 1. The minimum absolute atomic E-state index is 0.0758. The molecule has 0 saturated carbocycles. The van der Waals surface area contributed by atoms with Crippen LogP contribution in [0.2, 0.25) is 0 Å². The van der Waals surface area contributed by atoms with Crippen LogP contribution >= 0.6 is 11.3 Å². The summed E-state index contributed by atoms with van der Waals surface area (Å²) in [6, 6.07) is 0. The normalized spacial score (nSPS) is 21.4. The topological polar surface area (TPSA) is 64.5 Å². The molecule has 0 bridgehead atoms. The number of aliphatic hydroxyl groups is 1. The van der Waals surface area contributed by atoms with Crippen LogP contribution in [-0.2, 0) is 11.3 Å². The first-order valence-electron chi connectivity index (χ1n) is 4.52. The molecule has 1 aromatic heterocycles. The summed E-state index contributed by atoms with van der Waals surface area (Å²) >= 11 is 1.28. The van der Waals surface area contributed by atoms with Gasteiger partial charge >= 0.3 is 0 Å². The molecule has 2 rings (SSSR count). The lowest BCUT2D eigenvalue weighted by Gasteiger charge is -2.05. The van der Waals surface area contributed by atoms with Crippen molar-refractivity contribution in [3.05, 3.63) is 5.01 Å². The summed E-state index contributed by atoms with van der Waals surface area (Å²) in [4.78, 5) is 0. The molecule has 1 aliphatic heterocycles. The highest BCUT2D eigenvalue weighted by Gasteiger charge is 2.17. The van der Waals surface area contributed by atoms with E-state index in [2.05, 4.69) is 10.2 Å². The third kappa shape index (κ3) is 2.40. The molecule has 1 atom stereocenters. The number of nitrogens with zero attached hydrogens (tertiary/aromatic N) is 2. The first-order chi connectivity index (χ1) is 6.88. The molecule has 1 aliphatic rings. The molecule has 0 aliphatic carbocycles. The molecule has 0 spiro atoms. The maximum Gasteiger partial charge on any atom is 0.294 e. The third-order valence-corrected chi connectivity index (χ3v) is 2.87. The number of hydrogen-bond donors (Lipinski definition) is 1. The van der Waals surface area contributed by atoms with Crippen LogP contribution in [0, 0.1) is 5.92 Å². The molecular weight excluding hydrogens is 204 g/mol. The Labute approximate surface area is 85.7 Å². The number of ether oxygens (including phenoxy) is 2. The summed E-state index contributed by atoms with van der Waals surface area (Å²) in [5, 5.41) is 17.4. The predicted octanol–water partition coefficient (Wildman–Crippen LogP) is 0.446. The molecule has 78 valence electrons. The van der Waals surface area contributed by atoms with E-state index >= 15 is 0 Å². The van der Waals surface area contributed by atoms with Crippen LogP contribution in [0.1, 0.15) is 11.4 Å². The molecule has 1 saturated heterocycles. The van der Waals surface area contributed by atoms with Crippen molar-refractivity contribution in [1.82, 2.24) is 10.2 Å². The largest absolute Gasteiger partial charge is 0.469 e. The SMILES string of the molecule is OCc1nnc(OCC2CCOC2)s1. The summed E-state index contributed by atoms with van der Waals surface area (Å²) in [5.74, 6) is 0.469. The summed E-state index contributed by atoms with van der Waals surface area (Å²) in [6.07, 6.45) is 1.05. The number of hydrogen-bond acceptors (Lipinski definition) is 6. The fraction of sp³-hybridized carbons (Fsp3) is 0.750. The Balaban J connectivity index is 1.79. The first-order valence-corrected chi connectivity index (χ1v) is 5.34. The highest BCUT2D eigenvalue weighted by Crippen LogP contribution is 2.20. The van der Waals surface area contributed by atoms with E-state index in [1.165, 1.54) is 11.3 Å². The lowest BCUT2D eigenvalue weighted by molar-refractivity contribution is 0.166. The van der Waals surface area contributed by atoms with Crippen molar-refractivity contribution in [2.45, 2.75) is 13.0 Å². The van der Waals surface area contributed by atoms with Crippen LogP contribution in [0.4, 0.5) is 0 Å². The molecule has 1 N–H and O–H groups in total. The minimum Gasteiger partial charge on any atom is -0.469 e. The predicted molar refractivity (Wildman–Crippen MR) is 50.3 cm³/mol. The zero-order valence-electron chi connectivity index (χ0n) is 7.68. The van der Waals surface area contributed by atoms with Gasteiger partial charge in [0.1, 0.15) is 5.01 Å². The third-order valence-electron chi connectivity index (χ3n) is 2.05. The van der Waals surface area contributed by atoms with Gasteiger partial charge in [0.05, 0.1) is 19.8 Å². The van der Waals surface area contributed by atoms with Crippen LogP contribution < -0.4 is 4.74 Å². The van der Waals surface area contributed by atoms with E-state index in [-0.39, 0.29) is 6.61 Å². The Morgan fingerprint density at radius 2 is 2.50 bits per heavy atom. The van der Waals surface area contributed by atoms with Gasteiger partial charge in [0, 0.05) is 12.5 Å². The van der Waals surface area contributed by atoms with Crippen LogP contribution in [0.15, 0.2) is 0 Å². The van der Waals surface area contributed by atoms with E-state index < -0.39 is 0 Å². The van der Waals surface area contributed by atoms with Crippen molar-refractivity contribution in [2.75, 3.05) is 19.8 Å². The fourth-order valence-corrected chi connectivity index (χ4v) is 1.82. The van der Waals surface area contributed by atoms with Crippen molar-refractivity contribution in [1.29, 1.82) is 0 Å². The second-order valence-electron chi connectivity index (χ2n) is 3.16. The standard InChI is InChI=1S/C8H12N2O3S/c11-3-7-9-10-8(14-7)13-5-6-1-2-12-4-6/h6,11H,1-5H2.